The van der Waals surface area contributed by atoms with Crippen molar-refractivity contribution in [1.82, 2.24) is 4.37 Å². The van der Waals surface area contributed by atoms with E-state index in [4.69, 9.17) is 0 Å². The SMILES string of the molecule is Cc1csnc1C(C)C. The molecular formula is C7H11NS. The molecule has 0 N–H and O–H groups in total. The van der Waals surface area contributed by atoms with Crippen LogP contribution in [-0.4, -0.2) is 4.37 Å². The molecule has 1 aromatic heterocycles. The van der Waals surface area contributed by atoms with Crippen molar-refractivity contribution < 1.29 is 0 Å². The standard InChI is InChI=1S/C7H11NS/c1-5(2)7-6(3)4-9-8-7/h4-5H,1-3H3. The molecule has 0 saturated heterocycles. The highest BCUT2D eigenvalue weighted by Crippen LogP contribution is 2.17. The van der Waals surface area contributed by atoms with E-state index < -0.39 is 0 Å². The Morgan fingerprint density at radius 1 is 1.56 bits per heavy atom. The average Bonchev–Trinajstić information content (AvgIpc) is 2.13. The highest BCUT2D eigenvalue weighted by atomic mass is 32.1. The van der Waals surface area contributed by atoms with Gasteiger partial charge in [-0.3, -0.25) is 0 Å². The van der Waals surface area contributed by atoms with Crippen LogP contribution >= 0.6 is 11.5 Å². The summed E-state index contributed by atoms with van der Waals surface area (Å²) in [6.45, 7) is 6.45. The fourth-order valence-electron chi connectivity index (χ4n) is 0.855. The van der Waals surface area contributed by atoms with Gasteiger partial charge in [0.25, 0.3) is 0 Å². The summed E-state index contributed by atoms with van der Waals surface area (Å²) in [4.78, 5) is 0. The summed E-state index contributed by atoms with van der Waals surface area (Å²) >= 11 is 1.54. The van der Waals surface area contributed by atoms with Gasteiger partial charge in [-0.2, -0.15) is 4.37 Å². The molecule has 0 fully saturated rings. The van der Waals surface area contributed by atoms with E-state index in [0.29, 0.717) is 5.92 Å². The number of aryl methyl sites for hydroxylation is 1. The maximum Gasteiger partial charge on any atom is 0.0596 e. The minimum atomic E-state index is 0.580. The van der Waals surface area contributed by atoms with Gasteiger partial charge in [-0.1, -0.05) is 13.8 Å². The van der Waals surface area contributed by atoms with Crippen molar-refractivity contribution in [2.24, 2.45) is 0 Å². The van der Waals surface area contributed by atoms with Crippen LogP contribution in [-0.2, 0) is 0 Å². The fraction of sp³-hybridized carbons (Fsp3) is 0.571. The molecule has 0 bridgehead atoms. The van der Waals surface area contributed by atoms with Gasteiger partial charge in [-0.15, -0.1) is 0 Å². The van der Waals surface area contributed by atoms with Gasteiger partial charge >= 0.3 is 0 Å². The summed E-state index contributed by atoms with van der Waals surface area (Å²) in [7, 11) is 0. The Labute approximate surface area is 59.9 Å². The minimum absolute atomic E-state index is 0.580. The lowest BCUT2D eigenvalue weighted by molar-refractivity contribution is 0.831. The maximum atomic E-state index is 4.26. The van der Waals surface area contributed by atoms with E-state index in [1.165, 1.54) is 11.3 Å². The second-order valence-electron chi connectivity index (χ2n) is 2.54. The van der Waals surface area contributed by atoms with E-state index in [1.807, 2.05) is 0 Å². The molecule has 2 heteroatoms. The van der Waals surface area contributed by atoms with Crippen molar-refractivity contribution in [3.05, 3.63) is 16.6 Å². The van der Waals surface area contributed by atoms with Crippen LogP contribution in [0.4, 0.5) is 0 Å². The van der Waals surface area contributed by atoms with Crippen LogP contribution in [0.3, 0.4) is 0 Å². The minimum Gasteiger partial charge on any atom is -0.197 e. The third-order valence-corrected chi connectivity index (χ3v) is 2.09. The Bertz CT molecular complexity index is 191. The van der Waals surface area contributed by atoms with E-state index in [-0.39, 0.29) is 0 Å². The Kier molecular flexibility index (Phi) is 1.86. The first-order chi connectivity index (χ1) is 4.22. The first-order valence-corrected chi connectivity index (χ1v) is 3.96. The van der Waals surface area contributed by atoms with Gasteiger partial charge in [-0.05, 0) is 29.9 Å². The van der Waals surface area contributed by atoms with Gasteiger partial charge in [0.15, 0.2) is 0 Å². The molecule has 0 aliphatic carbocycles. The quantitative estimate of drug-likeness (QED) is 0.585. The summed E-state index contributed by atoms with van der Waals surface area (Å²) in [5.74, 6) is 0.580. The predicted molar refractivity (Wildman–Crippen MR) is 40.9 cm³/mol. The van der Waals surface area contributed by atoms with E-state index in [1.54, 1.807) is 11.5 Å². The van der Waals surface area contributed by atoms with Crippen molar-refractivity contribution in [2.75, 3.05) is 0 Å². The lowest BCUT2D eigenvalue weighted by atomic mass is 10.1. The van der Waals surface area contributed by atoms with Crippen LogP contribution in [0.2, 0.25) is 0 Å². The Balaban J connectivity index is 2.94. The zero-order valence-electron chi connectivity index (χ0n) is 6.01. The second kappa shape index (κ2) is 2.48. The summed E-state index contributed by atoms with van der Waals surface area (Å²) in [6, 6.07) is 0. The molecular weight excluding hydrogens is 130 g/mol. The molecule has 9 heavy (non-hydrogen) atoms. The summed E-state index contributed by atoms with van der Waals surface area (Å²) in [6.07, 6.45) is 0. The predicted octanol–water partition coefficient (Wildman–Crippen LogP) is 2.57. The highest BCUT2D eigenvalue weighted by Gasteiger charge is 2.03. The van der Waals surface area contributed by atoms with Gasteiger partial charge in [0.05, 0.1) is 5.69 Å². The average molecular weight is 141 g/mol. The zero-order chi connectivity index (χ0) is 6.85. The molecule has 1 aromatic rings. The first kappa shape index (κ1) is 6.75. The van der Waals surface area contributed by atoms with Crippen LogP contribution in [0.25, 0.3) is 0 Å². The Morgan fingerprint density at radius 2 is 2.22 bits per heavy atom. The summed E-state index contributed by atoms with van der Waals surface area (Å²) < 4.78 is 4.26. The number of aromatic nitrogens is 1. The molecule has 0 amide bonds. The summed E-state index contributed by atoms with van der Waals surface area (Å²) in [5, 5.41) is 2.09. The van der Waals surface area contributed by atoms with Gasteiger partial charge in [0.1, 0.15) is 0 Å². The van der Waals surface area contributed by atoms with Crippen LogP contribution < -0.4 is 0 Å². The Morgan fingerprint density at radius 3 is 2.44 bits per heavy atom. The number of hydrogen-bond acceptors (Lipinski definition) is 2. The molecule has 0 aromatic carbocycles. The molecule has 1 nitrogen and oxygen atoms in total. The molecule has 1 heterocycles. The molecule has 0 aliphatic rings. The van der Waals surface area contributed by atoms with Crippen LogP contribution in [0.1, 0.15) is 31.0 Å². The topological polar surface area (TPSA) is 12.9 Å². The van der Waals surface area contributed by atoms with Gasteiger partial charge in [0, 0.05) is 5.38 Å². The van der Waals surface area contributed by atoms with Crippen molar-refractivity contribution >= 4 is 11.5 Å². The third kappa shape index (κ3) is 1.30. The van der Waals surface area contributed by atoms with E-state index in [9.17, 15) is 0 Å². The van der Waals surface area contributed by atoms with Crippen molar-refractivity contribution in [2.45, 2.75) is 26.7 Å². The normalized spacial score (nSPS) is 10.7. The molecule has 50 valence electrons. The fourth-order valence-corrected chi connectivity index (χ4v) is 1.66. The molecule has 0 radical (unpaired) electrons. The van der Waals surface area contributed by atoms with Crippen molar-refractivity contribution in [3.63, 3.8) is 0 Å². The van der Waals surface area contributed by atoms with Crippen LogP contribution in [0.15, 0.2) is 5.38 Å². The summed E-state index contributed by atoms with van der Waals surface area (Å²) in [5.41, 5.74) is 2.58. The lowest BCUT2D eigenvalue weighted by Gasteiger charge is -1.98. The number of rotatable bonds is 1. The van der Waals surface area contributed by atoms with Crippen LogP contribution in [0, 0.1) is 6.92 Å². The monoisotopic (exact) mass is 141 g/mol. The molecule has 0 unspecified atom stereocenters. The molecule has 0 atom stereocenters. The van der Waals surface area contributed by atoms with E-state index in [2.05, 4.69) is 30.5 Å². The van der Waals surface area contributed by atoms with Crippen LogP contribution in [0.5, 0.6) is 0 Å². The van der Waals surface area contributed by atoms with Gasteiger partial charge in [-0.25, -0.2) is 0 Å². The molecule has 0 spiro atoms. The molecule has 0 saturated carbocycles. The first-order valence-electron chi connectivity index (χ1n) is 3.12. The smallest absolute Gasteiger partial charge is 0.0596 e. The largest absolute Gasteiger partial charge is 0.197 e. The van der Waals surface area contributed by atoms with Crippen molar-refractivity contribution in [3.8, 4) is 0 Å². The zero-order valence-corrected chi connectivity index (χ0v) is 6.83. The van der Waals surface area contributed by atoms with E-state index in [0.717, 1.165) is 0 Å². The van der Waals surface area contributed by atoms with Gasteiger partial charge in [0.2, 0.25) is 0 Å². The van der Waals surface area contributed by atoms with Gasteiger partial charge < -0.3 is 0 Å². The molecule has 0 aliphatic heterocycles. The maximum absolute atomic E-state index is 4.26. The van der Waals surface area contributed by atoms with Crippen molar-refractivity contribution in [1.29, 1.82) is 0 Å². The highest BCUT2D eigenvalue weighted by molar-refractivity contribution is 7.03. The molecule has 1 rings (SSSR count). The third-order valence-electron chi connectivity index (χ3n) is 1.33. The van der Waals surface area contributed by atoms with E-state index >= 15 is 0 Å². The Hall–Kier alpha value is -0.370. The lowest BCUT2D eigenvalue weighted by Crippen LogP contribution is -1.88. The second-order valence-corrected chi connectivity index (χ2v) is 3.17. The number of nitrogens with zero attached hydrogens (tertiary/aromatic N) is 1. The number of hydrogen-bond donors (Lipinski definition) is 0.